The highest BCUT2D eigenvalue weighted by atomic mass is 31.2. The lowest BCUT2D eigenvalue weighted by atomic mass is 10.4. The molecule has 0 saturated heterocycles. The van der Waals surface area contributed by atoms with Crippen molar-refractivity contribution >= 4 is 34.6 Å². The van der Waals surface area contributed by atoms with E-state index in [1.165, 1.54) is 22.0 Å². The molecular formula is C27H27O3P. The molecule has 0 fully saturated rings. The van der Waals surface area contributed by atoms with Crippen LogP contribution < -0.4 is 15.9 Å². The van der Waals surface area contributed by atoms with Crippen LogP contribution in [-0.2, 0) is 14.3 Å². The summed E-state index contributed by atoms with van der Waals surface area (Å²) >= 11 is 0. The van der Waals surface area contributed by atoms with Crippen molar-refractivity contribution < 1.29 is 14.3 Å². The number of ether oxygens (including phenoxy) is 2. The van der Waals surface area contributed by atoms with E-state index in [4.69, 9.17) is 9.47 Å². The van der Waals surface area contributed by atoms with E-state index in [0.29, 0.717) is 12.4 Å². The first kappa shape index (κ1) is 22.4. The summed E-state index contributed by atoms with van der Waals surface area (Å²) < 4.78 is 11.1. The highest BCUT2D eigenvalue weighted by Gasteiger charge is 2.26. The van der Waals surface area contributed by atoms with Crippen molar-refractivity contribution in [2.45, 2.75) is 6.92 Å². The summed E-state index contributed by atoms with van der Waals surface area (Å²) in [4.78, 5) is 12.3. The van der Waals surface area contributed by atoms with Crippen LogP contribution >= 0.6 is 6.89 Å². The number of esters is 1. The third-order valence-corrected chi connectivity index (χ3v) is 8.71. The van der Waals surface area contributed by atoms with E-state index in [1.807, 2.05) is 61.5 Å². The molecule has 3 nitrogen and oxygen atoms in total. The monoisotopic (exact) mass is 430 g/mol. The zero-order valence-corrected chi connectivity index (χ0v) is 18.6. The number of hydrogen-bond donors (Lipinski definition) is 0. The summed E-state index contributed by atoms with van der Waals surface area (Å²) in [6.45, 7) is 3.83. The Balaban J connectivity index is 2.34. The summed E-state index contributed by atoms with van der Waals surface area (Å²) in [5.41, 5.74) is 0. The predicted octanol–water partition coefficient (Wildman–Crippen LogP) is 4.43. The molecule has 0 atom stereocenters. The molecule has 0 saturated carbocycles. The number of hydrogen-bond acceptors (Lipinski definition) is 3. The third-order valence-electron chi connectivity index (χ3n) is 4.73. The van der Waals surface area contributed by atoms with Crippen molar-refractivity contribution in [3.63, 3.8) is 0 Å². The van der Waals surface area contributed by atoms with Gasteiger partial charge in [-0.2, -0.15) is 0 Å². The molecule has 0 bridgehead atoms. The Kier molecular flexibility index (Phi) is 8.09. The van der Waals surface area contributed by atoms with Gasteiger partial charge in [0.15, 0.2) is 0 Å². The molecule has 0 amide bonds. The smallest absolute Gasteiger partial charge is 0.334 e. The first-order valence-corrected chi connectivity index (χ1v) is 12.1. The molecule has 4 heteroatoms. The van der Waals surface area contributed by atoms with Crippen molar-refractivity contribution in [2.75, 3.05) is 13.2 Å². The minimum atomic E-state index is -2.27. The van der Waals surface area contributed by atoms with Crippen LogP contribution in [0.1, 0.15) is 6.92 Å². The van der Waals surface area contributed by atoms with Crippen LogP contribution in [0.3, 0.4) is 0 Å². The Morgan fingerprint density at radius 2 is 1.26 bits per heavy atom. The summed E-state index contributed by atoms with van der Waals surface area (Å²) in [6.07, 6.45) is 2.97. The van der Waals surface area contributed by atoms with Gasteiger partial charge in [-0.25, -0.2) is 4.79 Å². The number of rotatable bonds is 9. The summed E-state index contributed by atoms with van der Waals surface area (Å²) in [5.74, 6) is 2.17. The summed E-state index contributed by atoms with van der Waals surface area (Å²) in [7, 11) is 0. The van der Waals surface area contributed by atoms with Crippen molar-refractivity contribution in [1.82, 2.24) is 0 Å². The van der Waals surface area contributed by atoms with Gasteiger partial charge in [-0.3, -0.25) is 0 Å². The fourth-order valence-electron chi connectivity index (χ4n) is 3.43. The van der Waals surface area contributed by atoms with Crippen molar-refractivity contribution in [2.24, 2.45) is 0 Å². The van der Waals surface area contributed by atoms with Gasteiger partial charge in [-0.05, 0) is 35.5 Å². The van der Waals surface area contributed by atoms with Crippen molar-refractivity contribution in [1.29, 1.82) is 0 Å². The Morgan fingerprint density at radius 3 is 1.65 bits per heavy atom. The lowest BCUT2D eigenvalue weighted by Gasteiger charge is -2.29. The average molecular weight is 430 g/mol. The molecule has 0 radical (unpaired) electrons. The molecule has 0 aliphatic heterocycles. The topological polar surface area (TPSA) is 35.5 Å². The Hall–Kier alpha value is -3.29. The normalized spacial score (nSPS) is 11.5. The fourth-order valence-corrected chi connectivity index (χ4v) is 7.23. The zero-order valence-electron chi connectivity index (χ0n) is 17.7. The van der Waals surface area contributed by atoms with E-state index in [0.717, 1.165) is 0 Å². The third kappa shape index (κ3) is 5.45. The first-order chi connectivity index (χ1) is 15.2. The highest BCUT2D eigenvalue weighted by molar-refractivity contribution is 7.94. The van der Waals surface area contributed by atoms with Gasteiger partial charge in [0.05, 0.1) is 12.7 Å². The minimum absolute atomic E-state index is 0.158. The number of benzene rings is 3. The van der Waals surface area contributed by atoms with E-state index >= 15 is 0 Å². The molecule has 0 heterocycles. The van der Waals surface area contributed by atoms with Crippen LogP contribution in [0.25, 0.3) is 0 Å². The van der Waals surface area contributed by atoms with Gasteiger partial charge in [0.1, 0.15) is 12.4 Å². The lowest BCUT2D eigenvalue weighted by molar-refractivity contribution is -0.136. The van der Waals surface area contributed by atoms with Gasteiger partial charge in [0, 0.05) is 0 Å². The maximum absolute atomic E-state index is 12.3. The SMILES string of the molecule is C=CCOC(=O)C=C(C=P(c1ccccc1)(c1ccccc1)c1ccccc1)OCC. The molecule has 3 aromatic rings. The van der Waals surface area contributed by atoms with Crippen molar-refractivity contribution in [3.8, 4) is 0 Å². The maximum atomic E-state index is 12.3. The molecule has 0 aliphatic carbocycles. The van der Waals surface area contributed by atoms with E-state index in [-0.39, 0.29) is 6.61 Å². The first-order valence-electron chi connectivity index (χ1n) is 10.2. The Labute approximate surface area is 184 Å². The fraction of sp³-hybridized carbons (Fsp3) is 0.111. The van der Waals surface area contributed by atoms with Crippen LogP contribution in [0.2, 0.25) is 0 Å². The molecule has 0 unspecified atom stereocenters. The Morgan fingerprint density at radius 1 is 0.806 bits per heavy atom. The zero-order chi connectivity index (χ0) is 21.9. The summed E-state index contributed by atoms with van der Waals surface area (Å²) in [5, 5.41) is 3.53. The maximum Gasteiger partial charge on any atom is 0.334 e. The molecule has 31 heavy (non-hydrogen) atoms. The van der Waals surface area contributed by atoms with Gasteiger partial charge in [0.25, 0.3) is 0 Å². The summed E-state index contributed by atoms with van der Waals surface area (Å²) in [6, 6.07) is 31.2. The molecule has 0 spiro atoms. The van der Waals surface area contributed by atoms with Gasteiger partial charge >= 0.3 is 5.97 Å². The molecule has 3 aromatic carbocycles. The van der Waals surface area contributed by atoms with Crippen LogP contribution in [0.4, 0.5) is 0 Å². The molecule has 0 aromatic heterocycles. The van der Waals surface area contributed by atoms with Gasteiger partial charge in [-0.1, -0.05) is 104 Å². The van der Waals surface area contributed by atoms with Gasteiger partial charge in [0.2, 0.25) is 0 Å². The lowest BCUT2D eigenvalue weighted by Crippen LogP contribution is -2.27. The van der Waals surface area contributed by atoms with Gasteiger partial charge < -0.3 is 9.47 Å². The van der Waals surface area contributed by atoms with Crippen LogP contribution in [0.5, 0.6) is 0 Å². The molecule has 158 valence electrons. The van der Waals surface area contributed by atoms with Gasteiger partial charge in [-0.15, -0.1) is 0 Å². The van der Waals surface area contributed by atoms with Crippen LogP contribution in [-0.4, -0.2) is 25.0 Å². The molecule has 0 aliphatic rings. The number of carbonyl (C=O) groups excluding carboxylic acids is 1. The van der Waals surface area contributed by atoms with Crippen molar-refractivity contribution in [3.05, 3.63) is 115 Å². The second-order valence-electron chi connectivity index (χ2n) is 6.76. The molecule has 3 rings (SSSR count). The van der Waals surface area contributed by atoms with Crippen LogP contribution in [0.15, 0.2) is 115 Å². The molecule has 0 N–H and O–H groups in total. The van der Waals surface area contributed by atoms with E-state index in [2.05, 4.69) is 48.8 Å². The second kappa shape index (κ2) is 11.2. The average Bonchev–Trinajstić information content (AvgIpc) is 2.83. The standard InChI is InChI=1S/C27H27O3P/c1-3-20-30-27(28)21-23(29-4-2)22-31(24-14-8-5-9-15-24,25-16-10-6-11-17-25)26-18-12-7-13-19-26/h3,5-19,21-22H,1,4,20H2,2H3. The van der Waals surface area contributed by atoms with E-state index < -0.39 is 12.9 Å². The predicted molar refractivity (Wildman–Crippen MR) is 132 cm³/mol. The second-order valence-corrected chi connectivity index (χ2v) is 10.0. The quantitative estimate of drug-likeness (QED) is 0.166. The van der Waals surface area contributed by atoms with E-state index in [1.54, 1.807) is 6.08 Å². The number of carbonyl (C=O) groups is 1. The van der Waals surface area contributed by atoms with E-state index in [9.17, 15) is 4.79 Å². The van der Waals surface area contributed by atoms with Crippen LogP contribution in [0, 0.1) is 0 Å². The minimum Gasteiger partial charge on any atom is -0.494 e. The molecular weight excluding hydrogens is 403 g/mol. The largest absolute Gasteiger partial charge is 0.494 e. The Bertz CT molecular complexity index is 968. The highest BCUT2D eigenvalue weighted by Crippen LogP contribution is 2.44. The number of allylic oxidation sites excluding steroid dienone is 1.